The van der Waals surface area contributed by atoms with Crippen molar-refractivity contribution in [1.82, 2.24) is 12.9 Å². The molecule has 1 heterocycles. The van der Waals surface area contributed by atoms with E-state index in [0.29, 0.717) is 44.8 Å². The molecule has 0 bridgehead atoms. The lowest BCUT2D eigenvalue weighted by atomic mass is 9.85. The monoisotopic (exact) mass is 670 g/mol. The maximum absolute atomic E-state index is 15.4. The van der Waals surface area contributed by atoms with Gasteiger partial charge < -0.3 is 4.90 Å². The zero-order valence-corrected chi connectivity index (χ0v) is 29.8. The molecule has 0 aromatic heterocycles. The molecule has 3 fully saturated rings. The second kappa shape index (κ2) is 16.7. The van der Waals surface area contributed by atoms with E-state index in [1.165, 1.54) is 61.4 Å². The summed E-state index contributed by atoms with van der Waals surface area (Å²) in [7, 11) is -4.17. The lowest BCUT2D eigenvalue weighted by Crippen LogP contribution is -2.49. The minimum Gasteiger partial charge on any atom is -0.378 e. The summed E-state index contributed by atoms with van der Waals surface area (Å²) in [6.45, 7) is 4.41. The lowest BCUT2D eigenvalue weighted by molar-refractivity contribution is 0.243. The molecule has 1 aromatic carbocycles. The number of benzene rings is 1. The molecule has 0 radical (unpaired) electrons. The van der Waals surface area contributed by atoms with Gasteiger partial charge >= 0.3 is 0 Å². The quantitative estimate of drug-likeness (QED) is 0.148. The van der Waals surface area contributed by atoms with Crippen LogP contribution in [0.4, 0.5) is 10.1 Å². The summed E-state index contributed by atoms with van der Waals surface area (Å²) in [5, 5.41) is 0. The van der Waals surface area contributed by atoms with Crippen LogP contribution in [0.5, 0.6) is 0 Å². The highest BCUT2D eigenvalue weighted by atomic mass is 32.2. The maximum atomic E-state index is 15.4. The van der Waals surface area contributed by atoms with Gasteiger partial charge in [0.25, 0.3) is 10.2 Å². The van der Waals surface area contributed by atoms with Gasteiger partial charge in [0.05, 0.1) is 0 Å². The van der Waals surface area contributed by atoms with E-state index in [2.05, 4.69) is 6.92 Å². The molecule has 11 heteroatoms. The highest BCUT2D eigenvalue weighted by molar-refractivity contribution is 7.89. The van der Waals surface area contributed by atoms with Gasteiger partial charge in [-0.25, -0.2) is 12.8 Å². The summed E-state index contributed by atoms with van der Waals surface area (Å²) in [5.41, 5.74) is 0.147. The van der Waals surface area contributed by atoms with E-state index >= 15 is 4.39 Å². The number of unbranched alkanes of at least 4 members (excludes halogenated alkanes) is 4. The Kier molecular flexibility index (Phi) is 13.6. The highest BCUT2D eigenvalue weighted by Gasteiger charge is 2.49. The molecule has 4 rings (SSSR count). The predicted molar refractivity (Wildman–Crippen MR) is 182 cm³/mol. The SMILES string of the molecule is CCCCN(CC1(CN(CCCCCCC2CCCCC2)S(=O)(=O)c2ccc(N(C)C)cc2F)CC1)S(=O)(=O)N1CCCCC1. The standard InChI is InChI=1S/C34H59FN4O4S2/c1-4-5-23-39(45(42,43)37-24-14-9-15-25-37)29-34(21-22-34)28-38(26-13-7-6-10-16-30-17-11-8-12-18-30)44(40,41)33-20-19-31(36(2)3)27-32(33)35/h19-20,27,30H,4-18,21-26,28-29H2,1-3H3. The Hall–Kier alpha value is -1.27. The number of sulfonamides is 1. The maximum Gasteiger partial charge on any atom is 0.281 e. The fraction of sp³-hybridized carbons (Fsp3) is 0.824. The van der Waals surface area contributed by atoms with Crippen LogP contribution in [0.2, 0.25) is 0 Å². The van der Waals surface area contributed by atoms with Crippen molar-refractivity contribution in [3.05, 3.63) is 24.0 Å². The molecule has 2 saturated carbocycles. The van der Waals surface area contributed by atoms with E-state index in [1.807, 2.05) is 0 Å². The average molecular weight is 671 g/mol. The van der Waals surface area contributed by atoms with Gasteiger partial charge in [0.2, 0.25) is 10.0 Å². The van der Waals surface area contributed by atoms with Gasteiger partial charge in [0, 0.05) is 59.1 Å². The van der Waals surface area contributed by atoms with Crippen molar-refractivity contribution in [3.8, 4) is 0 Å². The Morgan fingerprint density at radius 1 is 0.822 bits per heavy atom. The van der Waals surface area contributed by atoms with Crippen LogP contribution in [-0.2, 0) is 20.2 Å². The smallest absolute Gasteiger partial charge is 0.281 e. The Labute approximate surface area is 273 Å². The lowest BCUT2D eigenvalue weighted by Gasteiger charge is -2.35. The summed E-state index contributed by atoms with van der Waals surface area (Å²) in [6, 6.07) is 4.30. The topological polar surface area (TPSA) is 81.2 Å². The molecule has 0 amide bonds. The van der Waals surface area contributed by atoms with Crippen LogP contribution in [0, 0.1) is 17.2 Å². The zero-order chi connectivity index (χ0) is 32.5. The first kappa shape index (κ1) is 36.6. The zero-order valence-electron chi connectivity index (χ0n) is 28.2. The molecule has 2 aliphatic carbocycles. The second-order valence-corrected chi connectivity index (χ2v) is 18.0. The summed E-state index contributed by atoms with van der Waals surface area (Å²) >= 11 is 0. The first-order valence-corrected chi connectivity index (χ1v) is 20.5. The number of rotatable bonds is 19. The van der Waals surface area contributed by atoms with Gasteiger partial charge in [0.1, 0.15) is 10.7 Å². The van der Waals surface area contributed by atoms with Gasteiger partial charge in [-0.1, -0.05) is 77.6 Å². The molecule has 258 valence electrons. The number of hydrogen-bond acceptors (Lipinski definition) is 5. The van der Waals surface area contributed by atoms with E-state index in [4.69, 9.17) is 0 Å². The first-order valence-electron chi connectivity index (χ1n) is 17.7. The largest absolute Gasteiger partial charge is 0.378 e. The van der Waals surface area contributed by atoms with Gasteiger partial charge in [-0.3, -0.25) is 0 Å². The molecule has 3 aliphatic rings. The van der Waals surface area contributed by atoms with Crippen LogP contribution >= 0.6 is 0 Å². The molecule has 0 N–H and O–H groups in total. The summed E-state index contributed by atoms with van der Waals surface area (Å²) in [6.07, 6.45) is 17.8. The third-order valence-electron chi connectivity index (χ3n) is 10.3. The van der Waals surface area contributed by atoms with Crippen LogP contribution in [0.3, 0.4) is 0 Å². The van der Waals surface area contributed by atoms with Crippen molar-refractivity contribution < 1.29 is 21.2 Å². The molecule has 1 saturated heterocycles. The Bertz CT molecular complexity index is 1270. The Morgan fingerprint density at radius 2 is 1.44 bits per heavy atom. The van der Waals surface area contributed by atoms with Crippen LogP contribution in [0.15, 0.2) is 23.1 Å². The van der Waals surface area contributed by atoms with Crippen LogP contribution in [0.1, 0.15) is 116 Å². The van der Waals surface area contributed by atoms with Crippen molar-refractivity contribution in [3.63, 3.8) is 0 Å². The Balaban J connectivity index is 1.48. The fourth-order valence-electron chi connectivity index (χ4n) is 7.11. The van der Waals surface area contributed by atoms with Gasteiger partial charge in [-0.2, -0.15) is 21.3 Å². The third kappa shape index (κ3) is 10.1. The van der Waals surface area contributed by atoms with Crippen molar-refractivity contribution in [2.45, 2.75) is 121 Å². The van der Waals surface area contributed by atoms with Gasteiger partial charge in [0.15, 0.2) is 0 Å². The number of anilines is 1. The molecule has 0 spiro atoms. The van der Waals surface area contributed by atoms with Gasteiger partial charge in [-0.15, -0.1) is 0 Å². The minimum absolute atomic E-state index is 0.213. The molecule has 1 aliphatic heterocycles. The minimum atomic E-state index is -4.12. The van der Waals surface area contributed by atoms with Crippen LogP contribution in [0.25, 0.3) is 0 Å². The van der Waals surface area contributed by atoms with E-state index in [9.17, 15) is 16.8 Å². The molecule has 1 aromatic rings. The van der Waals surface area contributed by atoms with E-state index < -0.39 is 31.5 Å². The third-order valence-corrected chi connectivity index (χ3v) is 14.1. The second-order valence-electron chi connectivity index (χ2n) is 14.2. The van der Waals surface area contributed by atoms with E-state index in [0.717, 1.165) is 63.7 Å². The number of piperidine rings is 1. The van der Waals surface area contributed by atoms with E-state index in [-0.39, 0.29) is 11.4 Å². The molecule has 0 unspecified atom stereocenters. The summed E-state index contributed by atoms with van der Waals surface area (Å²) < 4.78 is 75.9. The normalized spacial score (nSPS) is 19.8. The van der Waals surface area contributed by atoms with Crippen LogP contribution < -0.4 is 4.90 Å². The number of nitrogens with zero attached hydrogens (tertiary/aromatic N) is 4. The van der Waals surface area contributed by atoms with Crippen molar-refractivity contribution >= 4 is 25.9 Å². The molecule has 8 nitrogen and oxygen atoms in total. The summed E-state index contributed by atoms with van der Waals surface area (Å²) in [4.78, 5) is 1.45. The van der Waals surface area contributed by atoms with Gasteiger partial charge in [-0.05, 0) is 68.1 Å². The molecule has 45 heavy (non-hydrogen) atoms. The van der Waals surface area contributed by atoms with E-state index in [1.54, 1.807) is 33.7 Å². The average Bonchev–Trinajstić information content (AvgIpc) is 3.80. The number of halogens is 1. The molecular formula is C34H59FN4O4S2. The molecule has 0 atom stereocenters. The Morgan fingerprint density at radius 3 is 2.07 bits per heavy atom. The molecular weight excluding hydrogens is 612 g/mol. The predicted octanol–water partition coefficient (Wildman–Crippen LogP) is 7.03. The van der Waals surface area contributed by atoms with Crippen molar-refractivity contribution in [2.75, 3.05) is 58.3 Å². The fourth-order valence-corrected chi connectivity index (χ4v) is 10.6. The first-order chi connectivity index (χ1) is 21.5. The van der Waals surface area contributed by atoms with Crippen molar-refractivity contribution in [1.29, 1.82) is 0 Å². The summed E-state index contributed by atoms with van der Waals surface area (Å²) in [5.74, 6) is 0.0936. The van der Waals surface area contributed by atoms with Crippen molar-refractivity contribution in [2.24, 2.45) is 11.3 Å². The number of hydrogen-bond donors (Lipinski definition) is 0. The highest BCUT2D eigenvalue weighted by Crippen LogP contribution is 2.48. The van der Waals surface area contributed by atoms with Crippen LogP contribution in [-0.4, -0.2) is 83.1 Å².